The number of hydrogen-bond donors (Lipinski definition) is 0. The fourth-order valence-corrected chi connectivity index (χ4v) is 2.17. The Bertz CT molecular complexity index is 215. The molecule has 0 bridgehead atoms. The molecule has 12 heavy (non-hydrogen) atoms. The second-order valence-electron chi connectivity index (χ2n) is 3.70. The van der Waals surface area contributed by atoms with Crippen LogP contribution in [0.1, 0.15) is 19.8 Å². The monoisotopic (exact) mass is 164 g/mol. The predicted molar refractivity (Wildman–Crippen MR) is 49.9 cm³/mol. The molecule has 2 rings (SSSR count). The Kier molecular flexibility index (Phi) is 2.31. The SMILES string of the molecule is CCC[C@@H]1C=CC=C2COC[C@@H]21. The number of fused-ring (bicyclic) bond motifs is 1. The molecule has 0 amide bonds. The quantitative estimate of drug-likeness (QED) is 0.609. The Morgan fingerprint density at radius 3 is 3.33 bits per heavy atom. The van der Waals surface area contributed by atoms with Gasteiger partial charge in [0.2, 0.25) is 0 Å². The van der Waals surface area contributed by atoms with Crippen molar-refractivity contribution in [1.82, 2.24) is 0 Å². The van der Waals surface area contributed by atoms with Crippen molar-refractivity contribution in [2.75, 3.05) is 13.2 Å². The van der Waals surface area contributed by atoms with Gasteiger partial charge in [-0.25, -0.2) is 0 Å². The molecule has 1 heterocycles. The van der Waals surface area contributed by atoms with Crippen LogP contribution in [0.5, 0.6) is 0 Å². The number of hydrogen-bond acceptors (Lipinski definition) is 1. The van der Waals surface area contributed by atoms with Crippen LogP contribution in [0.2, 0.25) is 0 Å². The predicted octanol–water partition coefficient (Wildman–Crippen LogP) is 2.55. The van der Waals surface area contributed by atoms with Crippen LogP contribution < -0.4 is 0 Å². The molecule has 1 heteroatoms. The van der Waals surface area contributed by atoms with E-state index in [1.165, 1.54) is 18.4 Å². The van der Waals surface area contributed by atoms with E-state index in [2.05, 4.69) is 25.2 Å². The van der Waals surface area contributed by atoms with Crippen molar-refractivity contribution >= 4 is 0 Å². The molecule has 0 aromatic carbocycles. The zero-order chi connectivity index (χ0) is 8.39. The van der Waals surface area contributed by atoms with Crippen LogP contribution in [-0.4, -0.2) is 13.2 Å². The molecule has 0 aromatic heterocycles. The molecule has 1 aliphatic carbocycles. The van der Waals surface area contributed by atoms with Gasteiger partial charge < -0.3 is 4.74 Å². The van der Waals surface area contributed by atoms with Gasteiger partial charge in [0.15, 0.2) is 0 Å². The number of ether oxygens (including phenoxy) is 1. The van der Waals surface area contributed by atoms with Crippen LogP contribution in [0.3, 0.4) is 0 Å². The molecule has 0 spiro atoms. The van der Waals surface area contributed by atoms with Crippen LogP contribution in [0.25, 0.3) is 0 Å². The van der Waals surface area contributed by atoms with Crippen molar-refractivity contribution in [3.8, 4) is 0 Å². The largest absolute Gasteiger partial charge is 0.376 e. The van der Waals surface area contributed by atoms with Gasteiger partial charge in [0.05, 0.1) is 13.2 Å². The summed E-state index contributed by atoms with van der Waals surface area (Å²) in [5, 5.41) is 0. The lowest BCUT2D eigenvalue weighted by Crippen LogP contribution is -2.16. The zero-order valence-electron chi connectivity index (χ0n) is 7.62. The highest BCUT2D eigenvalue weighted by Gasteiger charge is 2.28. The first-order valence-electron chi connectivity index (χ1n) is 4.87. The van der Waals surface area contributed by atoms with Crippen LogP contribution in [-0.2, 0) is 4.74 Å². The molecule has 1 saturated heterocycles. The van der Waals surface area contributed by atoms with Crippen molar-refractivity contribution in [3.05, 3.63) is 23.8 Å². The summed E-state index contributed by atoms with van der Waals surface area (Å²) < 4.78 is 5.46. The first-order chi connectivity index (χ1) is 5.92. The summed E-state index contributed by atoms with van der Waals surface area (Å²) in [6, 6.07) is 0. The molecule has 2 aliphatic rings. The Balaban J connectivity index is 2.08. The zero-order valence-corrected chi connectivity index (χ0v) is 7.62. The Morgan fingerprint density at radius 2 is 2.50 bits per heavy atom. The van der Waals surface area contributed by atoms with Crippen molar-refractivity contribution in [3.63, 3.8) is 0 Å². The van der Waals surface area contributed by atoms with Crippen LogP contribution >= 0.6 is 0 Å². The maximum absolute atomic E-state index is 5.46. The van der Waals surface area contributed by atoms with Gasteiger partial charge in [-0.05, 0) is 17.9 Å². The molecule has 0 radical (unpaired) electrons. The van der Waals surface area contributed by atoms with E-state index < -0.39 is 0 Å². The van der Waals surface area contributed by atoms with Crippen molar-refractivity contribution in [2.24, 2.45) is 11.8 Å². The number of allylic oxidation sites excluding steroid dienone is 3. The van der Waals surface area contributed by atoms with Crippen molar-refractivity contribution in [2.45, 2.75) is 19.8 Å². The highest BCUT2D eigenvalue weighted by molar-refractivity contribution is 5.25. The van der Waals surface area contributed by atoms with Gasteiger partial charge in [-0.3, -0.25) is 0 Å². The standard InChI is InChI=1S/C11H16O/c1-2-4-9-5-3-6-10-7-12-8-11(9)10/h3,5-6,9,11H,2,4,7-8H2,1H3/t9-,11-/m1/s1. The van der Waals surface area contributed by atoms with Crippen molar-refractivity contribution in [1.29, 1.82) is 0 Å². The van der Waals surface area contributed by atoms with Gasteiger partial charge in [0.1, 0.15) is 0 Å². The molecule has 1 aliphatic heterocycles. The molecule has 0 saturated carbocycles. The summed E-state index contributed by atoms with van der Waals surface area (Å²) in [5.74, 6) is 1.45. The summed E-state index contributed by atoms with van der Waals surface area (Å²) in [5.41, 5.74) is 1.51. The summed E-state index contributed by atoms with van der Waals surface area (Å²) >= 11 is 0. The summed E-state index contributed by atoms with van der Waals surface area (Å²) in [4.78, 5) is 0. The summed E-state index contributed by atoms with van der Waals surface area (Å²) in [6.07, 6.45) is 9.34. The highest BCUT2D eigenvalue weighted by atomic mass is 16.5. The van der Waals surface area contributed by atoms with E-state index in [1.54, 1.807) is 0 Å². The van der Waals surface area contributed by atoms with E-state index in [0.29, 0.717) is 5.92 Å². The van der Waals surface area contributed by atoms with E-state index >= 15 is 0 Å². The van der Waals surface area contributed by atoms with Crippen LogP contribution in [0.4, 0.5) is 0 Å². The molecule has 0 unspecified atom stereocenters. The maximum atomic E-state index is 5.46. The van der Waals surface area contributed by atoms with Gasteiger partial charge in [0, 0.05) is 5.92 Å². The third-order valence-electron chi connectivity index (χ3n) is 2.85. The van der Waals surface area contributed by atoms with Gasteiger partial charge in [-0.1, -0.05) is 31.6 Å². The lowest BCUT2D eigenvalue weighted by Gasteiger charge is -2.22. The summed E-state index contributed by atoms with van der Waals surface area (Å²) in [6.45, 7) is 4.07. The minimum Gasteiger partial charge on any atom is -0.376 e. The molecule has 1 nitrogen and oxygen atoms in total. The third-order valence-corrected chi connectivity index (χ3v) is 2.85. The van der Waals surface area contributed by atoms with E-state index in [1.807, 2.05) is 0 Å². The molecule has 0 aromatic rings. The minimum absolute atomic E-state index is 0.704. The van der Waals surface area contributed by atoms with Crippen LogP contribution in [0, 0.1) is 11.8 Å². The fraction of sp³-hybridized carbons (Fsp3) is 0.636. The fourth-order valence-electron chi connectivity index (χ4n) is 2.17. The first kappa shape index (κ1) is 8.06. The lowest BCUT2D eigenvalue weighted by atomic mass is 9.82. The van der Waals surface area contributed by atoms with Gasteiger partial charge >= 0.3 is 0 Å². The van der Waals surface area contributed by atoms with E-state index in [9.17, 15) is 0 Å². The molecule has 0 N–H and O–H groups in total. The highest BCUT2D eigenvalue weighted by Crippen LogP contribution is 2.33. The van der Waals surface area contributed by atoms with Crippen LogP contribution in [0.15, 0.2) is 23.8 Å². The van der Waals surface area contributed by atoms with E-state index in [4.69, 9.17) is 4.74 Å². The molecular weight excluding hydrogens is 148 g/mol. The maximum Gasteiger partial charge on any atom is 0.0683 e. The topological polar surface area (TPSA) is 9.23 Å². The second-order valence-corrected chi connectivity index (χ2v) is 3.70. The average Bonchev–Trinajstić information content (AvgIpc) is 2.53. The molecule has 66 valence electrons. The summed E-state index contributed by atoms with van der Waals surface area (Å²) in [7, 11) is 0. The number of rotatable bonds is 2. The smallest absolute Gasteiger partial charge is 0.0683 e. The third kappa shape index (κ3) is 1.34. The normalized spacial score (nSPS) is 33.2. The Labute approximate surface area is 74.1 Å². The Morgan fingerprint density at radius 1 is 1.58 bits per heavy atom. The molecular formula is C11H16O. The minimum atomic E-state index is 0.704. The second kappa shape index (κ2) is 3.44. The van der Waals surface area contributed by atoms with E-state index in [0.717, 1.165) is 19.1 Å². The van der Waals surface area contributed by atoms with Crippen molar-refractivity contribution < 1.29 is 4.74 Å². The first-order valence-corrected chi connectivity index (χ1v) is 4.87. The molecule has 2 atom stereocenters. The Hall–Kier alpha value is -0.560. The van der Waals surface area contributed by atoms with Gasteiger partial charge in [-0.15, -0.1) is 0 Å². The molecule has 1 fully saturated rings. The van der Waals surface area contributed by atoms with Gasteiger partial charge in [0.25, 0.3) is 0 Å². The average molecular weight is 164 g/mol. The van der Waals surface area contributed by atoms with E-state index in [-0.39, 0.29) is 0 Å². The van der Waals surface area contributed by atoms with Gasteiger partial charge in [-0.2, -0.15) is 0 Å². The lowest BCUT2D eigenvalue weighted by molar-refractivity contribution is 0.177.